The highest BCUT2D eigenvalue weighted by Crippen LogP contribution is 2.22. The van der Waals surface area contributed by atoms with Crippen molar-refractivity contribution in [1.82, 2.24) is 4.98 Å². The zero-order chi connectivity index (χ0) is 13.8. The molecule has 0 spiro atoms. The summed E-state index contributed by atoms with van der Waals surface area (Å²) in [6, 6.07) is 7.65. The Labute approximate surface area is 111 Å². The smallest absolute Gasteiger partial charge is 0.137 e. The summed E-state index contributed by atoms with van der Waals surface area (Å²) in [7, 11) is 0. The second-order valence-electron chi connectivity index (χ2n) is 4.17. The summed E-state index contributed by atoms with van der Waals surface area (Å²) in [6.45, 7) is 1.92. The number of rotatable bonds is 3. The first-order valence-corrected chi connectivity index (χ1v) is 5.98. The van der Waals surface area contributed by atoms with Gasteiger partial charge < -0.3 is 15.3 Å². The van der Waals surface area contributed by atoms with Gasteiger partial charge in [0.25, 0.3) is 0 Å². The number of nitrogens with zero attached hydrogens (tertiary/aromatic N) is 1. The van der Waals surface area contributed by atoms with Crippen molar-refractivity contribution in [2.24, 2.45) is 0 Å². The van der Waals surface area contributed by atoms with E-state index in [9.17, 15) is 15.3 Å². The molecule has 0 radical (unpaired) electrons. The maximum atomic E-state index is 9.54. The van der Waals surface area contributed by atoms with Gasteiger partial charge in [0.1, 0.15) is 17.2 Å². The van der Waals surface area contributed by atoms with Crippen LogP contribution in [0.3, 0.4) is 0 Å². The van der Waals surface area contributed by atoms with Gasteiger partial charge >= 0.3 is 0 Å². The second-order valence-corrected chi connectivity index (χ2v) is 4.17. The lowest BCUT2D eigenvalue weighted by atomic mass is 10.1. The maximum Gasteiger partial charge on any atom is 0.137 e. The number of phenolic OH excluding ortho intramolecular Hbond substituents is 2. The van der Waals surface area contributed by atoms with Crippen LogP contribution in [0.1, 0.15) is 23.9 Å². The molecule has 4 nitrogen and oxygen atoms in total. The molecule has 1 aromatic heterocycles. The first-order chi connectivity index (χ1) is 9.08. The fourth-order valence-electron chi connectivity index (χ4n) is 1.76. The fraction of sp³-hybridized carbons (Fsp3) is 0.133. The normalized spacial score (nSPS) is 11.0. The van der Waals surface area contributed by atoms with Crippen molar-refractivity contribution in [3.05, 3.63) is 47.3 Å². The molecule has 98 valence electrons. The van der Waals surface area contributed by atoms with Crippen molar-refractivity contribution in [2.45, 2.75) is 13.3 Å². The largest absolute Gasteiger partial charge is 0.508 e. The Morgan fingerprint density at radius 3 is 2.32 bits per heavy atom. The fourth-order valence-corrected chi connectivity index (χ4v) is 1.76. The highest BCUT2D eigenvalue weighted by atomic mass is 16.3. The zero-order valence-electron chi connectivity index (χ0n) is 10.5. The topological polar surface area (TPSA) is 73.6 Å². The summed E-state index contributed by atoms with van der Waals surface area (Å²) in [5, 5.41) is 28.3. The van der Waals surface area contributed by atoms with Crippen LogP contribution in [-0.4, -0.2) is 20.3 Å². The molecule has 0 fully saturated rings. The van der Waals surface area contributed by atoms with E-state index >= 15 is 0 Å². The molecule has 1 heterocycles. The van der Waals surface area contributed by atoms with Gasteiger partial charge in [-0.2, -0.15) is 0 Å². The van der Waals surface area contributed by atoms with Crippen molar-refractivity contribution < 1.29 is 15.3 Å². The standard InChI is InChI=1S/C15H15NO3/c1-2-14-15(19)6-5-11(16-14)4-3-10-7-12(17)9-13(18)8-10/h3-9,17-19H,2H2,1H3/b4-3+. The molecule has 0 atom stereocenters. The third-order valence-corrected chi connectivity index (χ3v) is 2.68. The van der Waals surface area contributed by atoms with Gasteiger partial charge in [0.2, 0.25) is 0 Å². The van der Waals surface area contributed by atoms with Crippen molar-refractivity contribution in [2.75, 3.05) is 0 Å². The molecule has 1 aromatic carbocycles. The molecule has 19 heavy (non-hydrogen) atoms. The van der Waals surface area contributed by atoms with Crippen LogP contribution in [0.4, 0.5) is 0 Å². The van der Waals surface area contributed by atoms with Crippen LogP contribution in [0.5, 0.6) is 17.2 Å². The predicted octanol–water partition coefficient (Wildman–Crippen LogP) is 2.93. The van der Waals surface area contributed by atoms with Gasteiger partial charge in [0.15, 0.2) is 0 Å². The molecular formula is C15H15NO3. The molecule has 0 unspecified atom stereocenters. The van der Waals surface area contributed by atoms with Crippen molar-refractivity contribution in [1.29, 1.82) is 0 Å². The lowest BCUT2D eigenvalue weighted by Crippen LogP contribution is -1.90. The van der Waals surface area contributed by atoms with Gasteiger partial charge in [-0.05, 0) is 42.3 Å². The summed E-state index contributed by atoms with van der Waals surface area (Å²) in [6.07, 6.45) is 4.14. The number of hydrogen-bond acceptors (Lipinski definition) is 4. The van der Waals surface area contributed by atoms with E-state index in [0.29, 0.717) is 23.4 Å². The number of phenols is 2. The number of aromatic nitrogens is 1. The summed E-state index contributed by atoms with van der Waals surface area (Å²) >= 11 is 0. The number of benzene rings is 1. The Morgan fingerprint density at radius 2 is 1.68 bits per heavy atom. The third kappa shape index (κ3) is 3.25. The summed E-state index contributed by atoms with van der Waals surface area (Å²) in [5.41, 5.74) is 2.02. The molecule has 0 saturated carbocycles. The Morgan fingerprint density at radius 1 is 1.00 bits per heavy atom. The monoisotopic (exact) mass is 257 g/mol. The molecule has 4 heteroatoms. The van der Waals surface area contributed by atoms with Gasteiger partial charge in [-0.1, -0.05) is 13.0 Å². The molecule has 0 saturated heterocycles. The minimum Gasteiger partial charge on any atom is -0.508 e. The van der Waals surface area contributed by atoms with Crippen molar-refractivity contribution in [3.8, 4) is 17.2 Å². The third-order valence-electron chi connectivity index (χ3n) is 2.68. The van der Waals surface area contributed by atoms with E-state index < -0.39 is 0 Å². The summed E-state index contributed by atoms with van der Waals surface area (Å²) in [4.78, 5) is 4.29. The van der Waals surface area contributed by atoms with Crippen LogP contribution in [0.2, 0.25) is 0 Å². The molecule has 0 aliphatic rings. The van der Waals surface area contributed by atoms with E-state index in [2.05, 4.69) is 4.98 Å². The maximum absolute atomic E-state index is 9.54. The van der Waals surface area contributed by atoms with Gasteiger partial charge in [-0.25, -0.2) is 4.98 Å². The average molecular weight is 257 g/mol. The van der Waals surface area contributed by atoms with E-state index in [-0.39, 0.29) is 17.2 Å². The van der Waals surface area contributed by atoms with E-state index in [1.807, 2.05) is 6.92 Å². The lowest BCUT2D eigenvalue weighted by molar-refractivity contribution is 0.450. The predicted molar refractivity (Wildman–Crippen MR) is 74.0 cm³/mol. The molecular weight excluding hydrogens is 242 g/mol. The van der Waals surface area contributed by atoms with E-state index in [1.165, 1.54) is 18.2 Å². The van der Waals surface area contributed by atoms with Crippen molar-refractivity contribution >= 4 is 12.2 Å². The highest BCUT2D eigenvalue weighted by Gasteiger charge is 2.01. The van der Waals surface area contributed by atoms with Crippen LogP contribution in [0.25, 0.3) is 12.2 Å². The number of hydrogen-bond donors (Lipinski definition) is 3. The molecule has 2 rings (SSSR count). The van der Waals surface area contributed by atoms with Crippen molar-refractivity contribution in [3.63, 3.8) is 0 Å². The average Bonchev–Trinajstić information content (AvgIpc) is 2.36. The quantitative estimate of drug-likeness (QED) is 0.790. The lowest BCUT2D eigenvalue weighted by Gasteiger charge is -2.02. The first-order valence-electron chi connectivity index (χ1n) is 5.98. The Balaban J connectivity index is 2.27. The van der Waals surface area contributed by atoms with Crippen LogP contribution in [0.15, 0.2) is 30.3 Å². The van der Waals surface area contributed by atoms with Gasteiger partial charge in [0, 0.05) is 6.07 Å². The summed E-state index contributed by atoms with van der Waals surface area (Å²) < 4.78 is 0. The van der Waals surface area contributed by atoms with E-state index in [1.54, 1.807) is 24.3 Å². The van der Waals surface area contributed by atoms with Crippen LogP contribution in [0, 0.1) is 0 Å². The SMILES string of the molecule is CCc1nc(/C=C/c2cc(O)cc(O)c2)ccc1O. The number of pyridine rings is 1. The molecule has 0 aliphatic heterocycles. The number of aryl methyl sites for hydroxylation is 1. The Kier molecular flexibility index (Phi) is 3.71. The van der Waals surface area contributed by atoms with Crippen LogP contribution < -0.4 is 0 Å². The summed E-state index contributed by atoms with van der Waals surface area (Å²) in [5.74, 6) is 0.203. The molecule has 0 bridgehead atoms. The van der Waals surface area contributed by atoms with Gasteiger partial charge in [-0.15, -0.1) is 0 Å². The van der Waals surface area contributed by atoms with E-state index in [0.717, 1.165) is 0 Å². The number of aromatic hydroxyl groups is 3. The molecule has 3 N–H and O–H groups in total. The van der Waals surface area contributed by atoms with Gasteiger partial charge in [0.05, 0.1) is 11.4 Å². The van der Waals surface area contributed by atoms with E-state index in [4.69, 9.17) is 0 Å². The molecule has 0 aliphatic carbocycles. The highest BCUT2D eigenvalue weighted by molar-refractivity contribution is 5.69. The van der Waals surface area contributed by atoms with Crippen LogP contribution >= 0.6 is 0 Å². The van der Waals surface area contributed by atoms with Gasteiger partial charge in [-0.3, -0.25) is 0 Å². The minimum atomic E-state index is 0.00700. The first kappa shape index (κ1) is 13.0. The molecule has 2 aromatic rings. The Bertz CT molecular complexity index is 601. The van der Waals surface area contributed by atoms with Crippen LogP contribution in [-0.2, 0) is 6.42 Å². The molecule has 0 amide bonds. The Hall–Kier alpha value is -2.49. The minimum absolute atomic E-state index is 0.00700. The zero-order valence-corrected chi connectivity index (χ0v) is 10.5. The second kappa shape index (κ2) is 5.44.